The van der Waals surface area contributed by atoms with Crippen molar-refractivity contribution in [2.24, 2.45) is 0 Å². The predicted molar refractivity (Wildman–Crippen MR) is 100 cm³/mol. The van der Waals surface area contributed by atoms with Gasteiger partial charge in [0.2, 0.25) is 5.91 Å². The van der Waals surface area contributed by atoms with Crippen molar-refractivity contribution >= 4 is 17.2 Å². The maximum absolute atomic E-state index is 10.9. The number of amides is 1. The van der Waals surface area contributed by atoms with Crippen molar-refractivity contribution in [3.05, 3.63) is 54.6 Å². The normalized spacial score (nSPS) is 10.5. The van der Waals surface area contributed by atoms with Crippen molar-refractivity contribution in [3.8, 4) is 26.9 Å². The molecule has 3 rings (SSSR count). The molecule has 0 unspecified atom stereocenters. The summed E-state index contributed by atoms with van der Waals surface area (Å²) in [7, 11) is 0. The van der Waals surface area contributed by atoms with Gasteiger partial charge in [-0.25, -0.2) is 5.48 Å². The van der Waals surface area contributed by atoms with Crippen LogP contribution in [-0.4, -0.2) is 27.9 Å². The smallest absolute Gasteiger partial charge is 0.243 e. The van der Waals surface area contributed by atoms with Crippen molar-refractivity contribution in [3.63, 3.8) is 0 Å². The van der Waals surface area contributed by atoms with Crippen molar-refractivity contribution in [2.45, 2.75) is 19.3 Å². The van der Waals surface area contributed by atoms with E-state index < -0.39 is 0 Å². The molecule has 1 aromatic heterocycles. The Morgan fingerprint density at radius 1 is 1.00 bits per heavy atom. The second-order valence-electron chi connectivity index (χ2n) is 5.65. The molecular formula is C19H19N3O3S. The molecule has 2 aromatic carbocycles. The highest BCUT2D eigenvalue weighted by Gasteiger charge is 2.09. The minimum atomic E-state index is -0.377. The second-order valence-corrected chi connectivity index (χ2v) is 6.62. The predicted octanol–water partition coefficient (Wildman–Crippen LogP) is 3.93. The minimum Gasteiger partial charge on any atom is -0.494 e. The van der Waals surface area contributed by atoms with E-state index in [1.165, 1.54) is 11.3 Å². The largest absolute Gasteiger partial charge is 0.494 e. The molecule has 1 amide bonds. The lowest BCUT2D eigenvalue weighted by atomic mass is 10.2. The van der Waals surface area contributed by atoms with Gasteiger partial charge in [0.15, 0.2) is 0 Å². The molecule has 0 atom stereocenters. The highest BCUT2D eigenvalue weighted by Crippen LogP contribution is 2.31. The molecule has 0 radical (unpaired) electrons. The van der Waals surface area contributed by atoms with E-state index in [1.807, 2.05) is 54.6 Å². The number of carbonyl (C=O) groups excluding carboxylic acids is 1. The van der Waals surface area contributed by atoms with Crippen LogP contribution in [0.2, 0.25) is 0 Å². The average Bonchev–Trinajstić information content (AvgIpc) is 3.19. The Morgan fingerprint density at radius 3 is 2.50 bits per heavy atom. The molecule has 0 saturated carbocycles. The first-order valence-corrected chi connectivity index (χ1v) is 9.13. The molecule has 0 bridgehead atoms. The van der Waals surface area contributed by atoms with Crippen LogP contribution in [0.15, 0.2) is 54.6 Å². The number of hydrogen-bond acceptors (Lipinski definition) is 6. The van der Waals surface area contributed by atoms with E-state index in [9.17, 15) is 4.79 Å². The number of benzene rings is 2. The summed E-state index contributed by atoms with van der Waals surface area (Å²) in [5.41, 5.74) is 3.63. The molecule has 7 heteroatoms. The third kappa shape index (κ3) is 4.87. The molecule has 3 aromatic rings. The monoisotopic (exact) mass is 369 g/mol. The van der Waals surface area contributed by atoms with Gasteiger partial charge in [0, 0.05) is 17.5 Å². The van der Waals surface area contributed by atoms with E-state index in [1.54, 1.807) is 5.48 Å². The first kappa shape index (κ1) is 18.0. The molecule has 0 aliphatic carbocycles. The lowest BCUT2D eigenvalue weighted by Gasteiger charge is -2.06. The SMILES string of the molecule is O=C(CCCCOc1cccc(-c2nnc(-c3ccccc3)s2)c1)NO. The zero-order valence-corrected chi connectivity index (χ0v) is 14.9. The minimum absolute atomic E-state index is 0.285. The van der Waals surface area contributed by atoms with Gasteiger partial charge in [-0.2, -0.15) is 0 Å². The van der Waals surface area contributed by atoms with Crippen LogP contribution < -0.4 is 10.2 Å². The van der Waals surface area contributed by atoms with Crippen LogP contribution in [0.4, 0.5) is 0 Å². The summed E-state index contributed by atoms with van der Waals surface area (Å²) in [5, 5.41) is 18.7. The van der Waals surface area contributed by atoms with Crippen LogP contribution in [0.5, 0.6) is 5.75 Å². The highest BCUT2D eigenvalue weighted by molar-refractivity contribution is 7.17. The van der Waals surface area contributed by atoms with Gasteiger partial charge in [0.25, 0.3) is 0 Å². The van der Waals surface area contributed by atoms with Crippen molar-refractivity contribution in [2.75, 3.05) is 6.61 Å². The molecule has 0 fully saturated rings. The maximum atomic E-state index is 10.9. The Bertz CT molecular complexity index is 852. The molecule has 2 N–H and O–H groups in total. The number of nitrogens with one attached hydrogen (secondary N) is 1. The Kier molecular flexibility index (Phi) is 6.29. The summed E-state index contributed by atoms with van der Waals surface area (Å²) in [6.45, 7) is 0.507. The van der Waals surface area contributed by atoms with Gasteiger partial charge in [-0.15, -0.1) is 10.2 Å². The number of ether oxygens (including phenoxy) is 1. The zero-order chi connectivity index (χ0) is 18.2. The Labute approximate surface area is 155 Å². The van der Waals surface area contributed by atoms with E-state index in [0.29, 0.717) is 13.0 Å². The lowest BCUT2D eigenvalue weighted by molar-refractivity contribution is -0.129. The van der Waals surface area contributed by atoms with Crippen LogP contribution in [0.25, 0.3) is 21.1 Å². The number of hydrogen-bond donors (Lipinski definition) is 2. The summed E-state index contributed by atoms with van der Waals surface area (Å²) >= 11 is 1.54. The third-order valence-corrected chi connectivity index (χ3v) is 4.74. The molecular weight excluding hydrogens is 350 g/mol. The molecule has 134 valence electrons. The fourth-order valence-electron chi connectivity index (χ4n) is 2.39. The number of unbranched alkanes of at least 4 members (excludes halogenated alkanes) is 1. The number of aromatic nitrogens is 2. The molecule has 0 saturated heterocycles. The number of rotatable bonds is 8. The quantitative estimate of drug-likeness (QED) is 0.357. The van der Waals surface area contributed by atoms with Gasteiger partial charge in [-0.05, 0) is 25.0 Å². The Balaban J connectivity index is 1.59. The van der Waals surface area contributed by atoms with Crippen molar-refractivity contribution in [1.82, 2.24) is 15.7 Å². The van der Waals surface area contributed by atoms with Gasteiger partial charge in [-0.3, -0.25) is 10.0 Å². The van der Waals surface area contributed by atoms with E-state index >= 15 is 0 Å². The standard InChI is InChI=1S/C19H19N3O3S/c23-17(22-24)11-4-5-12-25-16-10-6-9-15(13-16)19-21-20-18(26-19)14-7-2-1-3-8-14/h1-3,6-10,13,24H,4-5,11-12H2,(H,22,23). The van der Waals surface area contributed by atoms with Crippen LogP contribution in [0.1, 0.15) is 19.3 Å². The maximum Gasteiger partial charge on any atom is 0.243 e. The fraction of sp³-hybridized carbons (Fsp3) is 0.211. The number of nitrogens with zero attached hydrogens (tertiary/aromatic N) is 2. The van der Waals surface area contributed by atoms with Crippen LogP contribution in [-0.2, 0) is 4.79 Å². The second kappa shape index (κ2) is 9.07. The molecule has 0 aliphatic heterocycles. The average molecular weight is 369 g/mol. The van der Waals surface area contributed by atoms with E-state index in [2.05, 4.69) is 10.2 Å². The molecule has 1 heterocycles. The molecule has 0 aliphatic rings. The van der Waals surface area contributed by atoms with E-state index in [0.717, 1.165) is 33.3 Å². The van der Waals surface area contributed by atoms with Crippen molar-refractivity contribution in [1.29, 1.82) is 0 Å². The van der Waals surface area contributed by atoms with Crippen LogP contribution in [0.3, 0.4) is 0 Å². The summed E-state index contributed by atoms with van der Waals surface area (Å²) < 4.78 is 5.74. The van der Waals surface area contributed by atoms with Crippen molar-refractivity contribution < 1.29 is 14.7 Å². The Hall–Kier alpha value is -2.77. The highest BCUT2D eigenvalue weighted by atomic mass is 32.1. The van der Waals surface area contributed by atoms with E-state index in [4.69, 9.17) is 9.94 Å². The lowest BCUT2D eigenvalue weighted by Crippen LogP contribution is -2.18. The van der Waals surface area contributed by atoms with Gasteiger partial charge in [0.05, 0.1) is 6.61 Å². The Morgan fingerprint density at radius 2 is 1.73 bits per heavy atom. The summed E-state index contributed by atoms with van der Waals surface area (Å²) in [4.78, 5) is 10.9. The van der Waals surface area contributed by atoms with Gasteiger partial charge in [0.1, 0.15) is 15.8 Å². The van der Waals surface area contributed by atoms with Crippen LogP contribution >= 0.6 is 11.3 Å². The first-order valence-electron chi connectivity index (χ1n) is 8.31. The van der Waals surface area contributed by atoms with Gasteiger partial charge in [-0.1, -0.05) is 53.8 Å². The zero-order valence-electron chi connectivity index (χ0n) is 14.1. The molecule has 26 heavy (non-hydrogen) atoms. The summed E-state index contributed by atoms with van der Waals surface area (Å²) in [6.07, 6.45) is 1.67. The number of carbonyl (C=O) groups is 1. The van der Waals surface area contributed by atoms with Gasteiger partial charge < -0.3 is 4.74 Å². The fourth-order valence-corrected chi connectivity index (χ4v) is 3.23. The topological polar surface area (TPSA) is 84.3 Å². The van der Waals surface area contributed by atoms with Crippen LogP contribution in [0, 0.1) is 0 Å². The summed E-state index contributed by atoms with van der Waals surface area (Å²) in [6, 6.07) is 17.7. The molecule has 6 nitrogen and oxygen atoms in total. The summed E-state index contributed by atoms with van der Waals surface area (Å²) in [5.74, 6) is 0.378. The number of hydroxylamine groups is 1. The first-order chi connectivity index (χ1) is 12.8. The van der Waals surface area contributed by atoms with E-state index in [-0.39, 0.29) is 12.3 Å². The van der Waals surface area contributed by atoms with Gasteiger partial charge >= 0.3 is 0 Å². The molecule has 0 spiro atoms. The third-order valence-electron chi connectivity index (χ3n) is 3.72.